The van der Waals surface area contributed by atoms with Crippen molar-refractivity contribution in [1.29, 1.82) is 0 Å². The third-order valence-corrected chi connectivity index (χ3v) is 5.04. The molecule has 0 radical (unpaired) electrons. The van der Waals surface area contributed by atoms with Gasteiger partial charge in [-0.25, -0.2) is 23.3 Å². The van der Waals surface area contributed by atoms with E-state index in [0.717, 1.165) is 12.8 Å². The molecule has 160 valence electrons. The Morgan fingerprint density at radius 2 is 0.935 bits per heavy atom. The Labute approximate surface area is 205 Å². The summed E-state index contributed by atoms with van der Waals surface area (Å²) < 4.78 is 0. The first kappa shape index (κ1) is 29.1. The van der Waals surface area contributed by atoms with E-state index in [1.54, 1.807) is 0 Å². The Morgan fingerprint density at radius 1 is 0.548 bits per heavy atom. The molecule has 0 spiro atoms. The van der Waals surface area contributed by atoms with E-state index in [1.807, 2.05) is 0 Å². The van der Waals surface area contributed by atoms with Crippen LogP contribution in [-0.4, -0.2) is 0 Å². The third-order valence-electron chi connectivity index (χ3n) is 5.04. The molecule has 0 saturated heterocycles. The number of aryl methyl sites for hydroxylation is 2. The summed E-state index contributed by atoms with van der Waals surface area (Å²) in [5.74, 6) is 0. The van der Waals surface area contributed by atoms with Crippen molar-refractivity contribution >= 4 is 0 Å². The van der Waals surface area contributed by atoms with Gasteiger partial charge in [0.25, 0.3) is 0 Å². The molecule has 2 aromatic carbocycles. The molecule has 0 unspecified atom stereocenters. The van der Waals surface area contributed by atoms with Gasteiger partial charge in [-0.15, -0.1) is 12.8 Å². The maximum Gasteiger partial charge on any atom is 4.00 e. The van der Waals surface area contributed by atoms with Crippen molar-refractivity contribution in [2.45, 2.75) is 51.4 Å². The van der Waals surface area contributed by atoms with E-state index < -0.39 is 0 Å². The van der Waals surface area contributed by atoms with Crippen LogP contribution in [-0.2, 0) is 38.7 Å². The second kappa shape index (κ2) is 17.8. The predicted octanol–water partition coefficient (Wildman–Crippen LogP) is 1.40. The Balaban J connectivity index is 0.000000529. The summed E-state index contributed by atoms with van der Waals surface area (Å²) in [7, 11) is 0. The molecule has 0 bridgehead atoms. The van der Waals surface area contributed by atoms with E-state index in [2.05, 4.69) is 97.1 Å². The summed E-state index contributed by atoms with van der Waals surface area (Å²) in [6.07, 6.45) is 24.7. The zero-order chi connectivity index (χ0) is 19.3. The van der Waals surface area contributed by atoms with Crippen LogP contribution in [0.25, 0.3) is 0 Å². The zero-order valence-corrected chi connectivity index (χ0v) is 21.6. The van der Waals surface area contributed by atoms with Crippen LogP contribution in [0.2, 0.25) is 0 Å². The molecule has 0 heterocycles. The fourth-order valence-electron chi connectivity index (χ4n) is 3.50. The average molecular weight is 583 g/mol. The Bertz CT molecular complexity index is 749. The molecule has 2 aromatic rings. The van der Waals surface area contributed by atoms with E-state index in [0.29, 0.717) is 0 Å². The quantitative estimate of drug-likeness (QED) is 0.326. The number of allylic oxidation sites excluding steroid dienone is 8. The van der Waals surface area contributed by atoms with Crippen LogP contribution in [0.4, 0.5) is 0 Å². The Kier molecular flexibility index (Phi) is 16.7. The van der Waals surface area contributed by atoms with Gasteiger partial charge in [0.15, 0.2) is 0 Å². The first-order chi connectivity index (χ1) is 13.9. The van der Waals surface area contributed by atoms with Crippen LogP contribution in [0, 0.1) is 12.2 Å². The molecule has 0 amide bonds. The molecule has 0 atom stereocenters. The van der Waals surface area contributed by atoms with Gasteiger partial charge >= 0.3 is 25.8 Å². The van der Waals surface area contributed by atoms with Gasteiger partial charge in [-0.2, -0.15) is 12.2 Å². The molecule has 4 rings (SSSR count). The minimum atomic E-state index is 0. The van der Waals surface area contributed by atoms with Crippen molar-refractivity contribution in [3.05, 3.63) is 119 Å². The Hall–Kier alpha value is -1.87. The van der Waals surface area contributed by atoms with E-state index in [9.17, 15) is 0 Å². The van der Waals surface area contributed by atoms with Gasteiger partial charge in [0.1, 0.15) is 0 Å². The van der Waals surface area contributed by atoms with Crippen LogP contribution in [0.3, 0.4) is 0 Å². The number of rotatable bonds is 8. The molecule has 0 aromatic heterocycles. The molecule has 0 saturated carbocycles. The molecule has 0 fully saturated rings. The van der Waals surface area contributed by atoms with Gasteiger partial charge in [0.2, 0.25) is 0 Å². The molecule has 31 heavy (non-hydrogen) atoms. The summed E-state index contributed by atoms with van der Waals surface area (Å²) in [5, 5.41) is 0. The summed E-state index contributed by atoms with van der Waals surface area (Å²) in [5.41, 5.74) is 5.66. The van der Waals surface area contributed by atoms with Gasteiger partial charge in [-0.05, 0) is 36.8 Å². The second-order valence-corrected chi connectivity index (χ2v) is 7.30. The van der Waals surface area contributed by atoms with E-state index >= 15 is 0 Å². The SMILES string of the molecule is [C-]1=C(CCCc2ccccc2)C=CC1.[C-]1=C(CCCc2ccccc2)C=CC1.[F-].[F-].[Hf+4]. The van der Waals surface area contributed by atoms with Crippen LogP contribution in [0.5, 0.6) is 0 Å². The maximum atomic E-state index is 3.35. The maximum absolute atomic E-state index is 3.35. The van der Waals surface area contributed by atoms with Crippen molar-refractivity contribution < 1.29 is 35.3 Å². The van der Waals surface area contributed by atoms with Crippen LogP contribution < -0.4 is 9.41 Å². The van der Waals surface area contributed by atoms with Gasteiger partial charge in [0.05, 0.1) is 0 Å². The van der Waals surface area contributed by atoms with Crippen molar-refractivity contribution in [3.8, 4) is 0 Å². The van der Waals surface area contributed by atoms with Gasteiger partial charge < -0.3 is 9.41 Å². The monoisotopic (exact) mass is 584 g/mol. The molecular formula is C28H30F2Hf. The smallest absolute Gasteiger partial charge is 1.00 e. The molecule has 0 N–H and O–H groups in total. The Morgan fingerprint density at radius 3 is 1.26 bits per heavy atom. The van der Waals surface area contributed by atoms with Crippen molar-refractivity contribution in [2.75, 3.05) is 0 Å². The van der Waals surface area contributed by atoms with Gasteiger partial charge in [0, 0.05) is 0 Å². The predicted molar refractivity (Wildman–Crippen MR) is 120 cm³/mol. The molecule has 2 aliphatic carbocycles. The number of hydrogen-bond acceptors (Lipinski definition) is 0. The fourth-order valence-corrected chi connectivity index (χ4v) is 3.50. The topological polar surface area (TPSA) is 0 Å². The number of halogens is 2. The summed E-state index contributed by atoms with van der Waals surface area (Å²) in [6.45, 7) is 0. The molecule has 0 aliphatic heterocycles. The molecule has 2 aliphatic rings. The van der Waals surface area contributed by atoms with Crippen molar-refractivity contribution in [3.63, 3.8) is 0 Å². The van der Waals surface area contributed by atoms with Crippen molar-refractivity contribution in [2.24, 2.45) is 0 Å². The number of hydrogen-bond donors (Lipinski definition) is 0. The summed E-state index contributed by atoms with van der Waals surface area (Å²) in [6, 6.07) is 21.4. The fraction of sp³-hybridized carbons (Fsp3) is 0.286. The normalized spacial score (nSPS) is 13.0. The minimum Gasteiger partial charge on any atom is -1.00 e. The standard InChI is InChI=1S/2C14H15.2FH.Hf/c2*1-2-7-13(8-3-1)11-6-12-14-9-4-5-10-14;;;/h2*1-4,7-9H,5-6,11-12H2;2*1H;/q2*-1;;;+4/p-2. The second-order valence-electron chi connectivity index (χ2n) is 7.30. The zero-order valence-electron chi connectivity index (χ0n) is 18.0. The number of benzene rings is 2. The van der Waals surface area contributed by atoms with Gasteiger partial charge in [-0.3, -0.25) is 12.2 Å². The summed E-state index contributed by atoms with van der Waals surface area (Å²) >= 11 is 0. The van der Waals surface area contributed by atoms with E-state index in [-0.39, 0.29) is 35.3 Å². The molecular weight excluding hydrogens is 553 g/mol. The molecule has 0 nitrogen and oxygen atoms in total. The summed E-state index contributed by atoms with van der Waals surface area (Å²) in [4.78, 5) is 0. The average Bonchev–Trinajstić information content (AvgIpc) is 3.45. The van der Waals surface area contributed by atoms with Crippen LogP contribution in [0.1, 0.15) is 49.7 Å². The van der Waals surface area contributed by atoms with Gasteiger partial charge in [-0.1, -0.05) is 73.5 Å². The van der Waals surface area contributed by atoms with Crippen LogP contribution in [0.15, 0.2) is 96.1 Å². The van der Waals surface area contributed by atoms with Crippen LogP contribution >= 0.6 is 0 Å². The minimum absolute atomic E-state index is 0. The first-order valence-electron chi connectivity index (χ1n) is 10.5. The third kappa shape index (κ3) is 11.9. The first-order valence-corrected chi connectivity index (χ1v) is 10.5. The van der Waals surface area contributed by atoms with E-state index in [4.69, 9.17) is 0 Å². The largest absolute Gasteiger partial charge is 4.00 e. The van der Waals surface area contributed by atoms with E-state index in [1.165, 1.54) is 60.8 Å². The van der Waals surface area contributed by atoms with Crippen molar-refractivity contribution in [1.82, 2.24) is 0 Å². The molecule has 3 heteroatoms.